The van der Waals surface area contributed by atoms with Crippen LogP contribution in [-0.4, -0.2) is 15.2 Å². The standard InChI is InChI=1S/C9H10N4OS/c1-5(10)8-12-13-9(15-8)6-4-11-3-2-7(6)14/h2-5H,10H2,1H3,(H,11,14). The van der Waals surface area contributed by atoms with Crippen LogP contribution in [0.1, 0.15) is 18.0 Å². The molecule has 0 aliphatic rings. The fourth-order valence-corrected chi connectivity index (χ4v) is 1.93. The number of aromatic nitrogens is 3. The van der Waals surface area contributed by atoms with E-state index < -0.39 is 0 Å². The van der Waals surface area contributed by atoms with Gasteiger partial charge >= 0.3 is 0 Å². The van der Waals surface area contributed by atoms with Gasteiger partial charge in [-0.1, -0.05) is 11.3 Å². The highest BCUT2D eigenvalue weighted by molar-refractivity contribution is 7.14. The second kappa shape index (κ2) is 3.92. The molecule has 0 saturated carbocycles. The molecule has 0 amide bonds. The Hall–Kier alpha value is -1.53. The SMILES string of the molecule is CC(N)c1nnc(-c2c[nH]ccc2=O)s1. The van der Waals surface area contributed by atoms with Crippen LogP contribution in [0.4, 0.5) is 0 Å². The van der Waals surface area contributed by atoms with E-state index in [-0.39, 0.29) is 11.5 Å². The highest BCUT2D eigenvalue weighted by Crippen LogP contribution is 2.22. The van der Waals surface area contributed by atoms with Gasteiger partial charge in [0.25, 0.3) is 0 Å². The molecule has 0 bridgehead atoms. The van der Waals surface area contributed by atoms with Crippen LogP contribution in [0.5, 0.6) is 0 Å². The molecule has 6 heteroatoms. The molecule has 1 unspecified atom stereocenters. The summed E-state index contributed by atoms with van der Waals surface area (Å²) in [6.45, 7) is 1.83. The van der Waals surface area contributed by atoms with Crippen LogP contribution in [0, 0.1) is 0 Å². The summed E-state index contributed by atoms with van der Waals surface area (Å²) in [5.74, 6) is 0. The van der Waals surface area contributed by atoms with Gasteiger partial charge in [0, 0.05) is 18.5 Å². The Bertz CT molecular complexity index is 517. The van der Waals surface area contributed by atoms with Crippen LogP contribution >= 0.6 is 11.3 Å². The van der Waals surface area contributed by atoms with E-state index in [4.69, 9.17) is 5.73 Å². The molecule has 3 N–H and O–H groups in total. The minimum absolute atomic E-state index is 0.0684. The van der Waals surface area contributed by atoms with Crippen LogP contribution in [0.3, 0.4) is 0 Å². The molecule has 78 valence electrons. The summed E-state index contributed by atoms with van der Waals surface area (Å²) < 4.78 is 0. The third-order valence-electron chi connectivity index (χ3n) is 1.88. The lowest BCUT2D eigenvalue weighted by atomic mass is 10.3. The van der Waals surface area contributed by atoms with Crippen molar-refractivity contribution in [3.63, 3.8) is 0 Å². The average Bonchev–Trinajstić information content (AvgIpc) is 2.67. The molecule has 0 aliphatic heterocycles. The zero-order chi connectivity index (χ0) is 10.8. The maximum Gasteiger partial charge on any atom is 0.191 e. The lowest BCUT2D eigenvalue weighted by Crippen LogP contribution is -2.03. The predicted molar refractivity (Wildman–Crippen MR) is 58.6 cm³/mol. The van der Waals surface area contributed by atoms with Gasteiger partial charge in [0.15, 0.2) is 10.4 Å². The summed E-state index contributed by atoms with van der Waals surface area (Å²) in [4.78, 5) is 14.3. The first-order chi connectivity index (χ1) is 7.18. The minimum atomic E-state index is -0.154. The van der Waals surface area contributed by atoms with Crippen LogP contribution < -0.4 is 11.2 Å². The van der Waals surface area contributed by atoms with E-state index in [2.05, 4.69) is 15.2 Å². The van der Waals surface area contributed by atoms with Crippen LogP contribution in [-0.2, 0) is 0 Å². The summed E-state index contributed by atoms with van der Waals surface area (Å²) in [6.07, 6.45) is 3.20. The van der Waals surface area contributed by atoms with Gasteiger partial charge in [-0.15, -0.1) is 10.2 Å². The van der Waals surface area contributed by atoms with Crippen LogP contribution in [0.2, 0.25) is 0 Å². The molecule has 0 aromatic carbocycles. The molecule has 0 saturated heterocycles. The maximum absolute atomic E-state index is 11.5. The van der Waals surface area contributed by atoms with E-state index >= 15 is 0 Å². The van der Waals surface area contributed by atoms with Gasteiger partial charge in [-0.05, 0) is 6.92 Å². The fourth-order valence-electron chi connectivity index (χ4n) is 1.11. The topological polar surface area (TPSA) is 84.7 Å². The zero-order valence-electron chi connectivity index (χ0n) is 8.10. The monoisotopic (exact) mass is 222 g/mol. The average molecular weight is 222 g/mol. The summed E-state index contributed by atoms with van der Waals surface area (Å²) in [5.41, 5.74) is 6.13. The summed E-state index contributed by atoms with van der Waals surface area (Å²) in [6, 6.07) is 1.31. The predicted octanol–water partition coefficient (Wildman–Crippen LogP) is 0.913. The maximum atomic E-state index is 11.5. The van der Waals surface area contributed by atoms with Gasteiger partial charge in [0.05, 0.1) is 11.6 Å². The first-order valence-electron chi connectivity index (χ1n) is 4.45. The highest BCUT2D eigenvalue weighted by Gasteiger charge is 2.11. The fraction of sp³-hybridized carbons (Fsp3) is 0.222. The molecule has 0 radical (unpaired) electrons. The molecule has 1 atom stereocenters. The Kier molecular flexibility index (Phi) is 2.61. The van der Waals surface area contributed by atoms with E-state index in [1.54, 1.807) is 12.4 Å². The quantitative estimate of drug-likeness (QED) is 0.791. The third-order valence-corrected chi connectivity index (χ3v) is 3.04. The second-order valence-corrected chi connectivity index (χ2v) is 4.17. The molecule has 2 aromatic rings. The number of rotatable bonds is 2. The van der Waals surface area contributed by atoms with Crippen molar-refractivity contribution in [2.45, 2.75) is 13.0 Å². The van der Waals surface area contributed by atoms with E-state index in [0.717, 1.165) is 5.01 Å². The van der Waals surface area contributed by atoms with Crippen molar-refractivity contribution < 1.29 is 0 Å². The van der Waals surface area contributed by atoms with Crippen molar-refractivity contribution in [2.75, 3.05) is 0 Å². The van der Waals surface area contributed by atoms with Crippen LogP contribution in [0.25, 0.3) is 10.6 Å². The van der Waals surface area contributed by atoms with E-state index in [1.807, 2.05) is 6.92 Å². The Morgan fingerprint density at radius 1 is 1.53 bits per heavy atom. The largest absolute Gasteiger partial charge is 0.367 e. The first-order valence-corrected chi connectivity index (χ1v) is 5.26. The number of H-pyrrole nitrogens is 1. The van der Waals surface area contributed by atoms with Crippen molar-refractivity contribution in [2.24, 2.45) is 5.73 Å². The molecular weight excluding hydrogens is 212 g/mol. The van der Waals surface area contributed by atoms with Gasteiger partial charge in [0.1, 0.15) is 5.01 Å². The minimum Gasteiger partial charge on any atom is -0.367 e. The summed E-state index contributed by atoms with van der Waals surface area (Å²) in [5, 5.41) is 9.19. The third kappa shape index (κ3) is 1.95. The Morgan fingerprint density at radius 2 is 2.33 bits per heavy atom. The summed E-state index contributed by atoms with van der Waals surface area (Å²) in [7, 11) is 0. The number of nitrogens with zero attached hydrogens (tertiary/aromatic N) is 2. The Labute approximate surface area is 90.0 Å². The Balaban J connectivity index is 2.47. The van der Waals surface area contributed by atoms with E-state index in [0.29, 0.717) is 10.6 Å². The van der Waals surface area contributed by atoms with Crippen molar-refractivity contribution in [3.05, 3.63) is 33.7 Å². The van der Waals surface area contributed by atoms with Gasteiger partial charge in [-0.2, -0.15) is 0 Å². The van der Waals surface area contributed by atoms with E-state index in [9.17, 15) is 4.79 Å². The highest BCUT2D eigenvalue weighted by atomic mass is 32.1. The zero-order valence-corrected chi connectivity index (χ0v) is 8.91. The number of nitrogens with one attached hydrogen (secondary N) is 1. The smallest absolute Gasteiger partial charge is 0.191 e. The van der Waals surface area contributed by atoms with Crippen molar-refractivity contribution in [3.8, 4) is 10.6 Å². The lowest BCUT2D eigenvalue weighted by molar-refractivity contribution is 0.786. The number of hydrogen-bond acceptors (Lipinski definition) is 5. The molecule has 5 nitrogen and oxygen atoms in total. The Morgan fingerprint density at radius 3 is 2.93 bits per heavy atom. The van der Waals surface area contributed by atoms with Gasteiger partial charge < -0.3 is 10.7 Å². The van der Waals surface area contributed by atoms with Gasteiger partial charge in [-0.3, -0.25) is 4.79 Å². The number of pyridine rings is 1. The number of aromatic amines is 1. The van der Waals surface area contributed by atoms with E-state index in [1.165, 1.54) is 17.4 Å². The molecule has 0 fully saturated rings. The molecule has 15 heavy (non-hydrogen) atoms. The normalized spacial score (nSPS) is 12.7. The van der Waals surface area contributed by atoms with Crippen molar-refractivity contribution in [1.82, 2.24) is 15.2 Å². The van der Waals surface area contributed by atoms with Crippen molar-refractivity contribution >= 4 is 11.3 Å². The second-order valence-electron chi connectivity index (χ2n) is 3.16. The molecular formula is C9H10N4OS. The number of hydrogen-bond donors (Lipinski definition) is 2. The molecule has 0 aliphatic carbocycles. The molecule has 0 spiro atoms. The van der Waals surface area contributed by atoms with Gasteiger partial charge in [-0.25, -0.2) is 0 Å². The van der Waals surface area contributed by atoms with Crippen LogP contribution in [0.15, 0.2) is 23.3 Å². The lowest BCUT2D eigenvalue weighted by Gasteiger charge is -1.94. The first kappa shape index (κ1) is 10.0. The molecule has 2 aromatic heterocycles. The molecule has 2 heterocycles. The summed E-state index contributed by atoms with van der Waals surface area (Å²) >= 11 is 1.34. The molecule has 2 rings (SSSR count). The number of nitrogens with two attached hydrogens (primary N) is 1. The van der Waals surface area contributed by atoms with Crippen molar-refractivity contribution in [1.29, 1.82) is 0 Å². The van der Waals surface area contributed by atoms with Gasteiger partial charge in [0.2, 0.25) is 0 Å².